The van der Waals surface area contributed by atoms with Gasteiger partial charge < -0.3 is 14.8 Å². The molecule has 1 amide bonds. The summed E-state index contributed by atoms with van der Waals surface area (Å²) in [4.78, 5) is 36.2. The van der Waals surface area contributed by atoms with Crippen LogP contribution in [0.15, 0.2) is 46.3 Å². The summed E-state index contributed by atoms with van der Waals surface area (Å²) >= 11 is 4.66. The number of hydrogen-bond acceptors (Lipinski definition) is 7. The van der Waals surface area contributed by atoms with Crippen molar-refractivity contribution in [3.8, 4) is 16.9 Å². The van der Waals surface area contributed by atoms with Gasteiger partial charge in [-0.1, -0.05) is 41.9 Å². The van der Waals surface area contributed by atoms with Gasteiger partial charge in [-0.25, -0.2) is 4.79 Å². The van der Waals surface area contributed by atoms with E-state index in [0.717, 1.165) is 26.9 Å². The van der Waals surface area contributed by atoms with Crippen molar-refractivity contribution in [3.63, 3.8) is 0 Å². The number of aryl methyl sites for hydroxylation is 1. The molecule has 2 aromatic carbocycles. The molecular weight excluding hydrogens is 536 g/mol. The van der Waals surface area contributed by atoms with Crippen molar-refractivity contribution >= 4 is 49.8 Å². The number of non-ortho nitro benzene ring substituents is 1. The largest absolute Gasteiger partial charge is 0.483 e. The standard InChI is InChI=1S/C25H25BrN2O6S/c1-5-33-25(30)23-19(16-7-6-8-17(10-16)28(31)32)13-35-24(23)27-22(29)12-34-21-9-15(4)20(26)11-18(21)14(2)3/h6-11,13-14H,5,12H2,1-4H3,(H,27,29). The molecule has 0 saturated carbocycles. The fourth-order valence-corrected chi connectivity index (χ4v) is 4.74. The normalized spacial score (nSPS) is 10.8. The maximum atomic E-state index is 12.8. The lowest BCUT2D eigenvalue weighted by Gasteiger charge is -2.16. The van der Waals surface area contributed by atoms with E-state index in [2.05, 4.69) is 21.2 Å². The van der Waals surface area contributed by atoms with Crippen LogP contribution in [0, 0.1) is 17.0 Å². The van der Waals surface area contributed by atoms with Crippen LogP contribution in [-0.2, 0) is 9.53 Å². The van der Waals surface area contributed by atoms with Crippen molar-refractivity contribution in [2.24, 2.45) is 0 Å². The number of thiophene rings is 1. The summed E-state index contributed by atoms with van der Waals surface area (Å²) in [6.45, 7) is 7.57. The molecule has 1 heterocycles. The Bertz CT molecular complexity index is 1270. The Labute approximate surface area is 215 Å². The van der Waals surface area contributed by atoms with Crippen LogP contribution >= 0.6 is 27.3 Å². The lowest BCUT2D eigenvalue weighted by atomic mass is 10.0. The second-order valence-corrected chi connectivity index (χ2v) is 9.75. The van der Waals surface area contributed by atoms with Crippen molar-refractivity contribution < 1.29 is 24.0 Å². The van der Waals surface area contributed by atoms with Crippen molar-refractivity contribution in [2.75, 3.05) is 18.5 Å². The van der Waals surface area contributed by atoms with Gasteiger partial charge in [-0.2, -0.15) is 0 Å². The first kappa shape index (κ1) is 26.4. The number of ether oxygens (including phenoxy) is 2. The zero-order chi connectivity index (χ0) is 25.7. The fourth-order valence-electron chi connectivity index (χ4n) is 3.41. The molecule has 0 aliphatic heterocycles. The zero-order valence-electron chi connectivity index (χ0n) is 19.7. The topological polar surface area (TPSA) is 108 Å². The summed E-state index contributed by atoms with van der Waals surface area (Å²) in [5.41, 5.74) is 2.91. The Hall–Kier alpha value is -3.24. The van der Waals surface area contributed by atoms with Gasteiger partial charge in [0.2, 0.25) is 0 Å². The van der Waals surface area contributed by atoms with E-state index in [1.165, 1.54) is 12.1 Å². The molecule has 0 bridgehead atoms. The molecule has 0 aliphatic rings. The number of nitrogens with zero attached hydrogens (tertiary/aromatic N) is 1. The Morgan fingerprint density at radius 3 is 2.63 bits per heavy atom. The monoisotopic (exact) mass is 560 g/mol. The van der Waals surface area contributed by atoms with E-state index in [1.54, 1.807) is 24.4 Å². The second kappa shape index (κ2) is 11.5. The second-order valence-electron chi connectivity index (χ2n) is 8.01. The van der Waals surface area contributed by atoms with Gasteiger partial charge in [0.05, 0.1) is 11.5 Å². The predicted molar refractivity (Wildman–Crippen MR) is 139 cm³/mol. The highest BCUT2D eigenvalue weighted by atomic mass is 79.9. The molecule has 0 atom stereocenters. The summed E-state index contributed by atoms with van der Waals surface area (Å²) in [5, 5.41) is 15.9. The van der Waals surface area contributed by atoms with E-state index >= 15 is 0 Å². The molecular formula is C25H25BrN2O6S. The number of hydrogen-bond donors (Lipinski definition) is 1. The third-order valence-electron chi connectivity index (χ3n) is 5.16. The summed E-state index contributed by atoms with van der Waals surface area (Å²) in [6, 6.07) is 9.81. The van der Waals surface area contributed by atoms with Gasteiger partial charge in [0.1, 0.15) is 16.3 Å². The number of nitrogens with one attached hydrogen (secondary N) is 1. The van der Waals surface area contributed by atoms with Crippen molar-refractivity contribution in [3.05, 3.63) is 73.1 Å². The minimum atomic E-state index is -0.628. The average Bonchev–Trinajstić information content (AvgIpc) is 3.23. The molecule has 10 heteroatoms. The molecule has 184 valence electrons. The number of nitro groups is 1. The van der Waals surface area contributed by atoms with Crippen LogP contribution in [0.3, 0.4) is 0 Å². The smallest absolute Gasteiger partial charge is 0.341 e. The van der Waals surface area contributed by atoms with Crippen LogP contribution in [0.4, 0.5) is 10.7 Å². The SMILES string of the molecule is CCOC(=O)c1c(-c2cccc([N+](=O)[O-])c2)csc1NC(=O)COc1cc(C)c(Br)cc1C(C)C. The third kappa shape index (κ3) is 6.26. The van der Waals surface area contributed by atoms with Gasteiger partial charge in [-0.15, -0.1) is 11.3 Å². The maximum absolute atomic E-state index is 12.8. The molecule has 35 heavy (non-hydrogen) atoms. The number of carbonyl (C=O) groups is 2. The first-order chi connectivity index (χ1) is 16.6. The minimum absolute atomic E-state index is 0.103. The van der Waals surface area contributed by atoms with E-state index in [4.69, 9.17) is 9.47 Å². The molecule has 1 aromatic heterocycles. The fraction of sp³-hybridized carbons (Fsp3) is 0.280. The van der Waals surface area contributed by atoms with Crippen LogP contribution in [0.1, 0.15) is 48.2 Å². The molecule has 0 fully saturated rings. The first-order valence-corrected chi connectivity index (χ1v) is 12.6. The van der Waals surface area contributed by atoms with Crippen LogP contribution < -0.4 is 10.1 Å². The maximum Gasteiger partial charge on any atom is 0.341 e. The lowest BCUT2D eigenvalue weighted by molar-refractivity contribution is -0.384. The molecule has 8 nitrogen and oxygen atoms in total. The van der Waals surface area contributed by atoms with Crippen LogP contribution in [0.2, 0.25) is 0 Å². The van der Waals surface area contributed by atoms with Gasteiger partial charge >= 0.3 is 5.97 Å². The van der Waals surface area contributed by atoms with Gasteiger partial charge in [0, 0.05) is 27.5 Å². The highest BCUT2D eigenvalue weighted by Crippen LogP contribution is 2.37. The van der Waals surface area contributed by atoms with Gasteiger partial charge in [0.15, 0.2) is 6.61 Å². The molecule has 0 radical (unpaired) electrons. The molecule has 0 spiro atoms. The Kier molecular flexibility index (Phi) is 8.63. The minimum Gasteiger partial charge on any atom is -0.483 e. The number of benzene rings is 2. The van der Waals surface area contributed by atoms with E-state index in [9.17, 15) is 19.7 Å². The number of rotatable bonds is 9. The number of esters is 1. The Morgan fingerprint density at radius 1 is 1.23 bits per heavy atom. The summed E-state index contributed by atoms with van der Waals surface area (Å²) in [5.74, 6) is -0.268. The molecule has 0 saturated heterocycles. The number of anilines is 1. The summed E-state index contributed by atoms with van der Waals surface area (Å²) in [7, 11) is 0. The van der Waals surface area contributed by atoms with E-state index < -0.39 is 16.8 Å². The molecule has 3 rings (SSSR count). The highest BCUT2D eigenvalue weighted by Gasteiger charge is 2.24. The van der Waals surface area contributed by atoms with Gasteiger partial charge in [0.25, 0.3) is 11.6 Å². The van der Waals surface area contributed by atoms with E-state index in [-0.39, 0.29) is 35.4 Å². The lowest BCUT2D eigenvalue weighted by Crippen LogP contribution is -2.21. The Morgan fingerprint density at radius 2 is 1.97 bits per heavy atom. The Balaban J connectivity index is 1.86. The van der Waals surface area contributed by atoms with Crippen molar-refractivity contribution in [1.29, 1.82) is 0 Å². The van der Waals surface area contributed by atoms with Crippen molar-refractivity contribution in [2.45, 2.75) is 33.6 Å². The van der Waals surface area contributed by atoms with Crippen LogP contribution in [-0.4, -0.2) is 30.0 Å². The number of carbonyl (C=O) groups excluding carboxylic acids is 2. The third-order valence-corrected chi connectivity index (χ3v) is 6.91. The first-order valence-electron chi connectivity index (χ1n) is 10.9. The predicted octanol–water partition coefficient (Wildman–Crippen LogP) is 6.71. The van der Waals surface area contributed by atoms with Crippen molar-refractivity contribution in [1.82, 2.24) is 0 Å². The van der Waals surface area contributed by atoms with E-state index in [0.29, 0.717) is 16.9 Å². The number of nitro benzene ring substituents is 1. The van der Waals surface area contributed by atoms with Gasteiger partial charge in [-0.3, -0.25) is 14.9 Å². The van der Waals surface area contributed by atoms with Gasteiger partial charge in [-0.05, 0) is 48.6 Å². The summed E-state index contributed by atoms with van der Waals surface area (Å²) in [6.07, 6.45) is 0. The number of amides is 1. The van der Waals surface area contributed by atoms with E-state index in [1.807, 2.05) is 32.9 Å². The van der Waals surface area contributed by atoms with Crippen LogP contribution in [0.25, 0.3) is 11.1 Å². The molecule has 1 N–H and O–H groups in total. The summed E-state index contributed by atoms with van der Waals surface area (Å²) < 4.78 is 12.0. The zero-order valence-corrected chi connectivity index (χ0v) is 22.1. The quantitative estimate of drug-likeness (QED) is 0.177. The molecule has 0 aliphatic carbocycles. The number of halogens is 1. The highest BCUT2D eigenvalue weighted by molar-refractivity contribution is 9.10. The van der Waals surface area contributed by atoms with Crippen LogP contribution in [0.5, 0.6) is 5.75 Å². The molecule has 0 unspecified atom stereocenters. The molecule has 3 aromatic rings. The average molecular weight is 561 g/mol.